The van der Waals surface area contributed by atoms with E-state index in [1.165, 1.54) is 5.56 Å². The molecule has 0 aliphatic heterocycles. The number of pyridine rings is 1. The molecule has 1 aliphatic rings. The zero-order valence-corrected chi connectivity index (χ0v) is 18.1. The summed E-state index contributed by atoms with van der Waals surface area (Å²) in [5, 5.41) is 12.7. The summed E-state index contributed by atoms with van der Waals surface area (Å²) in [6, 6.07) is 6.47. The fourth-order valence-corrected chi connectivity index (χ4v) is 4.18. The molecule has 0 unspecified atom stereocenters. The number of rotatable bonds is 6. The quantitative estimate of drug-likeness (QED) is 0.675. The zero-order chi connectivity index (χ0) is 21.4. The number of fused-ring (bicyclic) bond motifs is 1. The zero-order valence-electron chi connectivity index (χ0n) is 18.1. The summed E-state index contributed by atoms with van der Waals surface area (Å²) < 4.78 is 7.45. The summed E-state index contributed by atoms with van der Waals surface area (Å²) in [6.45, 7) is 4.30. The van der Waals surface area contributed by atoms with Gasteiger partial charge in [0, 0.05) is 30.6 Å². The van der Waals surface area contributed by atoms with E-state index in [2.05, 4.69) is 26.6 Å². The molecule has 8 heteroatoms. The lowest BCUT2D eigenvalue weighted by Gasteiger charge is -2.36. The molecule has 1 aromatic carbocycles. The molecule has 0 saturated heterocycles. The van der Waals surface area contributed by atoms with Crippen LogP contribution in [0.3, 0.4) is 0 Å². The lowest BCUT2D eigenvalue weighted by molar-refractivity contribution is -0.120. The van der Waals surface area contributed by atoms with E-state index < -0.39 is 0 Å². The molecule has 8 nitrogen and oxygen atoms in total. The number of hydrogen-bond donors (Lipinski definition) is 1. The Morgan fingerprint density at radius 2 is 2.07 bits per heavy atom. The van der Waals surface area contributed by atoms with Crippen LogP contribution in [-0.2, 0) is 11.3 Å². The molecular formula is C22H28N6O2. The Hall–Kier alpha value is -3.00. The molecule has 1 N–H and O–H groups in total. The van der Waals surface area contributed by atoms with Gasteiger partial charge >= 0.3 is 0 Å². The number of aromatic nitrogens is 4. The van der Waals surface area contributed by atoms with Crippen molar-refractivity contribution in [3.63, 3.8) is 0 Å². The minimum Gasteiger partial charge on any atom is -0.494 e. The average molecular weight is 409 g/mol. The summed E-state index contributed by atoms with van der Waals surface area (Å²) in [7, 11) is 5.67. The van der Waals surface area contributed by atoms with Crippen molar-refractivity contribution in [1.82, 2.24) is 30.2 Å². The lowest BCUT2D eigenvalue weighted by Crippen LogP contribution is -2.42. The Balaban J connectivity index is 1.71. The van der Waals surface area contributed by atoms with Crippen LogP contribution in [0.4, 0.5) is 0 Å². The van der Waals surface area contributed by atoms with Gasteiger partial charge in [-0.15, -0.1) is 5.10 Å². The lowest BCUT2D eigenvalue weighted by atomic mass is 9.74. The molecule has 4 rings (SSSR count). The third-order valence-corrected chi connectivity index (χ3v) is 5.52. The van der Waals surface area contributed by atoms with Crippen molar-refractivity contribution in [2.24, 2.45) is 0 Å². The second kappa shape index (κ2) is 8.02. The van der Waals surface area contributed by atoms with Gasteiger partial charge in [0.05, 0.1) is 24.5 Å². The SMILES string of the molecule is COc1cc2c(C3CC(NC(C)=O)C3)cc(C)nc2cc1-n1cc(CN(C)C)nn1. The van der Waals surface area contributed by atoms with Crippen LogP contribution in [-0.4, -0.2) is 58.0 Å². The highest BCUT2D eigenvalue weighted by atomic mass is 16.5. The Morgan fingerprint density at radius 1 is 1.30 bits per heavy atom. The predicted octanol–water partition coefficient (Wildman–Crippen LogP) is 2.58. The minimum atomic E-state index is 0.0296. The average Bonchev–Trinajstić information content (AvgIpc) is 3.10. The molecule has 1 aliphatic carbocycles. The summed E-state index contributed by atoms with van der Waals surface area (Å²) in [5.74, 6) is 1.16. The van der Waals surface area contributed by atoms with Crippen LogP contribution in [0.1, 0.15) is 42.6 Å². The maximum Gasteiger partial charge on any atom is 0.217 e. The number of amides is 1. The van der Waals surface area contributed by atoms with Gasteiger partial charge in [0.1, 0.15) is 11.4 Å². The number of carbonyl (C=O) groups excluding carboxylic acids is 1. The second-order valence-corrected chi connectivity index (χ2v) is 8.35. The molecule has 1 amide bonds. The monoisotopic (exact) mass is 408 g/mol. The number of nitrogens with one attached hydrogen (secondary N) is 1. The minimum absolute atomic E-state index is 0.0296. The predicted molar refractivity (Wildman–Crippen MR) is 115 cm³/mol. The summed E-state index contributed by atoms with van der Waals surface area (Å²) in [6.07, 6.45) is 3.81. The van der Waals surface area contributed by atoms with Gasteiger partial charge < -0.3 is 15.0 Å². The van der Waals surface area contributed by atoms with Crippen molar-refractivity contribution in [1.29, 1.82) is 0 Å². The van der Waals surface area contributed by atoms with Gasteiger partial charge in [0.15, 0.2) is 0 Å². The maximum atomic E-state index is 11.3. The molecule has 1 fully saturated rings. The highest BCUT2D eigenvalue weighted by Gasteiger charge is 2.32. The molecule has 0 radical (unpaired) electrons. The molecule has 2 aromatic heterocycles. The van der Waals surface area contributed by atoms with Crippen LogP contribution < -0.4 is 10.1 Å². The molecule has 1 saturated carbocycles. The molecule has 3 aromatic rings. The first-order valence-electron chi connectivity index (χ1n) is 10.2. The van der Waals surface area contributed by atoms with Crippen molar-refractivity contribution in [2.75, 3.05) is 21.2 Å². The van der Waals surface area contributed by atoms with Crippen molar-refractivity contribution in [3.05, 3.63) is 41.3 Å². The fraction of sp³-hybridized carbons (Fsp3) is 0.455. The molecule has 0 atom stereocenters. The van der Waals surface area contributed by atoms with Gasteiger partial charge in [0.2, 0.25) is 5.91 Å². The molecule has 0 bridgehead atoms. The van der Waals surface area contributed by atoms with Crippen molar-refractivity contribution in [2.45, 2.75) is 45.2 Å². The molecular weight excluding hydrogens is 380 g/mol. The van der Waals surface area contributed by atoms with Gasteiger partial charge in [-0.1, -0.05) is 5.21 Å². The van der Waals surface area contributed by atoms with E-state index in [9.17, 15) is 4.79 Å². The van der Waals surface area contributed by atoms with Crippen LogP contribution >= 0.6 is 0 Å². The van der Waals surface area contributed by atoms with Gasteiger partial charge in [-0.05, 0) is 63.5 Å². The van der Waals surface area contributed by atoms with Gasteiger partial charge in [-0.25, -0.2) is 4.68 Å². The largest absolute Gasteiger partial charge is 0.494 e. The van der Waals surface area contributed by atoms with Crippen LogP contribution in [0.2, 0.25) is 0 Å². The number of nitrogens with zero attached hydrogens (tertiary/aromatic N) is 5. The topological polar surface area (TPSA) is 85.2 Å². The van der Waals surface area contributed by atoms with E-state index >= 15 is 0 Å². The number of aryl methyl sites for hydroxylation is 1. The normalized spacial score (nSPS) is 18.5. The molecule has 2 heterocycles. The standard InChI is InChI=1S/C22H28N6O2/c1-13-6-18(15-7-16(8-15)24-14(2)29)19-9-22(30-5)21(10-20(19)23-13)28-12-17(25-26-28)11-27(3)4/h6,9-10,12,15-16H,7-8,11H2,1-5H3,(H,24,29). The van der Waals surface area contributed by atoms with Crippen molar-refractivity contribution in [3.8, 4) is 11.4 Å². The first-order chi connectivity index (χ1) is 14.3. The number of ether oxygens (including phenoxy) is 1. The van der Waals surface area contributed by atoms with Gasteiger partial charge in [0.25, 0.3) is 0 Å². The highest BCUT2D eigenvalue weighted by Crippen LogP contribution is 2.41. The summed E-state index contributed by atoms with van der Waals surface area (Å²) in [4.78, 5) is 18.1. The van der Waals surface area contributed by atoms with Crippen molar-refractivity contribution < 1.29 is 9.53 Å². The number of carbonyl (C=O) groups is 1. The van der Waals surface area contributed by atoms with Crippen LogP contribution in [0.25, 0.3) is 16.6 Å². The Bertz CT molecular complexity index is 1080. The van der Waals surface area contributed by atoms with E-state index in [-0.39, 0.29) is 11.9 Å². The molecule has 158 valence electrons. The van der Waals surface area contributed by atoms with E-state index in [0.29, 0.717) is 12.5 Å². The Labute approximate surface area is 176 Å². The second-order valence-electron chi connectivity index (χ2n) is 8.35. The first kappa shape index (κ1) is 20.3. The maximum absolute atomic E-state index is 11.3. The number of hydrogen-bond acceptors (Lipinski definition) is 6. The van der Waals surface area contributed by atoms with Gasteiger partial charge in [-0.2, -0.15) is 0 Å². The number of methoxy groups -OCH3 is 1. The third-order valence-electron chi connectivity index (χ3n) is 5.52. The Kier molecular flexibility index (Phi) is 5.42. The van der Waals surface area contributed by atoms with E-state index in [1.54, 1.807) is 18.7 Å². The van der Waals surface area contributed by atoms with Crippen molar-refractivity contribution >= 4 is 16.8 Å². The van der Waals surface area contributed by atoms with E-state index in [1.807, 2.05) is 39.3 Å². The highest BCUT2D eigenvalue weighted by molar-refractivity contribution is 5.87. The van der Waals surface area contributed by atoms with Crippen LogP contribution in [0.15, 0.2) is 24.4 Å². The molecule has 30 heavy (non-hydrogen) atoms. The van der Waals surface area contributed by atoms with Crippen LogP contribution in [0.5, 0.6) is 5.75 Å². The third kappa shape index (κ3) is 4.00. The summed E-state index contributed by atoms with van der Waals surface area (Å²) >= 11 is 0. The Morgan fingerprint density at radius 3 is 2.73 bits per heavy atom. The smallest absolute Gasteiger partial charge is 0.217 e. The number of benzene rings is 1. The van der Waals surface area contributed by atoms with E-state index in [4.69, 9.17) is 9.72 Å². The fourth-order valence-electron chi connectivity index (χ4n) is 4.18. The van der Waals surface area contributed by atoms with Gasteiger partial charge in [-0.3, -0.25) is 9.78 Å². The summed E-state index contributed by atoms with van der Waals surface area (Å²) in [5.41, 5.74) is 4.85. The first-order valence-corrected chi connectivity index (χ1v) is 10.2. The van der Waals surface area contributed by atoms with Crippen LogP contribution in [0, 0.1) is 6.92 Å². The molecule has 0 spiro atoms. The van der Waals surface area contributed by atoms with E-state index in [0.717, 1.165) is 46.6 Å².